The smallest absolute Gasteiger partial charge is 0.244 e. The molecule has 24 heavy (non-hydrogen) atoms. The number of rotatable bonds is 7. The summed E-state index contributed by atoms with van der Waals surface area (Å²) in [6, 6.07) is 4.52. The second-order valence-electron chi connectivity index (χ2n) is 6.09. The van der Waals surface area contributed by atoms with E-state index in [1.165, 1.54) is 6.07 Å². The third-order valence-electron chi connectivity index (χ3n) is 3.99. The number of hydrogen-bond donors (Lipinski definition) is 2. The van der Waals surface area contributed by atoms with Gasteiger partial charge in [-0.2, -0.15) is 0 Å². The number of methoxy groups -OCH3 is 1. The van der Waals surface area contributed by atoms with Crippen molar-refractivity contribution in [2.75, 3.05) is 20.3 Å². The van der Waals surface area contributed by atoms with Gasteiger partial charge in [0.2, 0.25) is 10.0 Å². The molecule has 2 N–H and O–H groups in total. The molecule has 2 rings (SSSR count). The lowest BCUT2D eigenvalue weighted by molar-refractivity contribution is 0.0901. The third-order valence-corrected chi connectivity index (χ3v) is 5.74. The first-order valence-corrected chi connectivity index (χ1v) is 9.90. The van der Waals surface area contributed by atoms with Crippen molar-refractivity contribution in [3.05, 3.63) is 23.2 Å². The molecule has 3 unspecified atom stereocenters. The molecule has 1 aromatic rings. The van der Waals surface area contributed by atoms with Crippen molar-refractivity contribution in [3.63, 3.8) is 0 Å². The Balaban J connectivity index is 2.25. The van der Waals surface area contributed by atoms with Crippen LogP contribution in [0.1, 0.15) is 26.7 Å². The molecule has 0 radical (unpaired) electrons. The Morgan fingerprint density at radius 2 is 2.21 bits per heavy atom. The lowest BCUT2D eigenvalue weighted by Gasteiger charge is -2.30. The van der Waals surface area contributed by atoms with Crippen LogP contribution in [-0.4, -0.2) is 46.9 Å². The van der Waals surface area contributed by atoms with E-state index in [1.807, 2.05) is 13.8 Å². The van der Waals surface area contributed by atoms with Crippen molar-refractivity contribution in [2.24, 2.45) is 0 Å². The van der Waals surface area contributed by atoms with Crippen LogP contribution < -0.4 is 14.8 Å². The summed E-state index contributed by atoms with van der Waals surface area (Å²) in [6.45, 7) is 5.05. The van der Waals surface area contributed by atoms with Crippen LogP contribution in [0.15, 0.2) is 23.1 Å². The number of benzene rings is 1. The third kappa shape index (κ3) is 5.07. The second kappa shape index (κ2) is 8.49. The van der Waals surface area contributed by atoms with Crippen LogP contribution in [0.3, 0.4) is 0 Å². The minimum atomic E-state index is -3.75. The molecule has 136 valence electrons. The largest absolute Gasteiger partial charge is 0.487 e. The highest BCUT2D eigenvalue weighted by Crippen LogP contribution is 2.29. The average Bonchev–Trinajstić information content (AvgIpc) is 2.51. The molecular formula is C16H25ClN2O4S. The predicted molar refractivity (Wildman–Crippen MR) is 94.2 cm³/mol. The van der Waals surface area contributed by atoms with Crippen LogP contribution in [0.4, 0.5) is 0 Å². The van der Waals surface area contributed by atoms with E-state index in [0.29, 0.717) is 11.6 Å². The molecular weight excluding hydrogens is 352 g/mol. The van der Waals surface area contributed by atoms with Crippen molar-refractivity contribution in [1.29, 1.82) is 0 Å². The number of sulfonamides is 1. The second-order valence-corrected chi connectivity index (χ2v) is 8.21. The van der Waals surface area contributed by atoms with Crippen LogP contribution in [0.25, 0.3) is 0 Å². The number of halogens is 1. The van der Waals surface area contributed by atoms with Gasteiger partial charge in [-0.3, -0.25) is 0 Å². The van der Waals surface area contributed by atoms with E-state index in [2.05, 4.69) is 10.0 Å². The minimum absolute atomic E-state index is 0.0516. The topological polar surface area (TPSA) is 76.7 Å². The first-order valence-electron chi connectivity index (χ1n) is 8.04. The highest BCUT2D eigenvalue weighted by molar-refractivity contribution is 7.89. The number of ether oxygens (including phenoxy) is 2. The monoisotopic (exact) mass is 376 g/mol. The molecule has 0 aliphatic carbocycles. The van der Waals surface area contributed by atoms with E-state index < -0.39 is 10.0 Å². The molecule has 1 fully saturated rings. The highest BCUT2D eigenvalue weighted by atomic mass is 35.5. The Labute approximate surface area is 148 Å². The number of piperidine rings is 1. The zero-order valence-electron chi connectivity index (χ0n) is 14.2. The Morgan fingerprint density at radius 3 is 2.88 bits per heavy atom. The lowest BCUT2D eigenvalue weighted by Crippen LogP contribution is -2.51. The molecule has 1 aliphatic rings. The number of hydrogen-bond acceptors (Lipinski definition) is 5. The van der Waals surface area contributed by atoms with Gasteiger partial charge < -0.3 is 14.8 Å². The molecule has 0 spiro atoms. The van der Waals surface area contributed by atoms with E-state index in [9.17, 15) is 8.42 Å². The molecule has 8 heteroatoms. The van der Waals surface area contributed by atoms with E-state index in [0.717, 1.165) is 19.4 Å². The summed E-state index contributed by atoms with van der Waals surface area (Å²) < 4.78 is 39.2. The van der Waals surface area contributed by atoms with Crippen molar-refractivity contribution in [1.82, 2.24) is 10.0 Å². The van der Waals surface area contributed by atoms with E-state index in [1.54, 1.807) is 19.2 Å². The van der Waals surface area contributed by atoms with Gasteiger partial charge in [0.25, 0.3) is 0 Å². The van der Waals surface area contributed by atoms with Crippen LogP contribution in [-0.2, 0) is 14.8 Å². The van der Waals surface area contributed by atoms with E-state index in [4.69, 9.17) is 21.1 Å². The Bertz CT molecular complexity index is 653. The van der Waals surface area contributed by atoms with Gasteiger partial charge in [-0.25, -0.2) is 13.1 Å². The maximum absolute atomic E-state index is 12.8. The molecule has 0 amide bonds. The van der Waals surface area contributed by atoms with Gasteiger partial charge in [-0.15, -0.1) is 0 Å². The molecule has 1 saturated heterocycles. The van der Waals surface area contributed by atoms with Gasteiger partial charge in [0.15, 0.2) is 0 Å². The normalized spacial score (nSPS) is 23.0. The summed E-state index contributed by atoms with van der Waals surface area (Å²) in [5, 5.41) is 3.62. The van der Waals surface area contributed by atoms with Crippen molar-refractivity contribution in [3.8, 4) is 5.75 Å². The average molecular weight is 377 g/mol. The fourth-order valence-corrected chi connectivity index (χ4v) is 4.49. The zero-order chi connectivity index (χ0) is 17.7. The van der Waals surface area contributed by atoms with Crippen molar-refractivity contribution in [2.45, 2.75) is 49.8 Å². The van der Waals surface area contributed by atoms with Crippen LogP contribution in [0.2, 0.25) is 5.02 Å². The van der Waals surface area contributed by atoms with Gasteiger partial charge in [0.05, 0.1) is 6.61 Å². The molecule has 0 aromatic heterocycles. The first-order chi connectivity index (χ1) is 11.3. The molecule has 1 aliphatic heterocycles. The Kier molecular flexibility index (Phi) is 6.88. The fourth-order valence-electron chi connectivity index (χ4n) is 2.74. The Morgan fingerprint density at radius 1 is 1.46 bits per heavy atom. The Hall–Kier alpha value is -0.860. The van der Waals surface area contributed by atoms with Gasteiger partial charge >= 0.3 is 0 Å². The van der Waals surface area contributed by atoms with Gasteiger partial charge in [-0.05, 0) is 51.4 Å². The van der Waals surface area contributed by atoms with Crippen LogP contribution in [0.5, 0.6) is 5.75 Å². The maximum Gasteiger partial charge on any atom is 0.244 e. The summed E-state index contributed by atoms with van der Waals surface area (Å²) in [4.78, 5) is 0.0516. The predicted octanol–water partition coefficient (Wildman–Crippen LogP) is 2.17. The molecule has 0 bridgehead atoms. The SMILES string of the molecule is COCC(C)Oc1ccc(Cl)cc1S(=O)(=O)NC1CCCNC1C. The highest BCUT2D eigenvalue weighted by Gasteiger charge is 2.29. The maximum atomic E-state index is 12.8. The molecule has 1 heterocycles. The van der Waals surface area contributed by atoms with E-state index >= 15 is 0 Å². The van der Waals surface area contributed by atoms with Crippen LogP contribution >= 0.6 is 11.6 Å². The molecule has 6 nitrogen and oxygen atoms in total. The van der Waals surface area contributed by atoms with E-state index in [-0.39, 0.29) is 28.8 Å². The van der Waals surface area contributed by atoms with Gasteiger partial charge in [-0.1, -0.05) is 11.6 Å². The van der Waals surface area contributed by atoms with Crippen molar-refractivity contribution < 1.29 is 17.9 Å². The zero-order valence-corrected chi connectivity index (χ0v) is 15.8. The number of nitrogens with one attached hydrogen (secondary N) is 2. The summed E-state index contributed by atoms with van der Waals surface area (Å²) in [5.74, 6) is 0.271. The molecule has 1 aromatic carbocycles. The van der Waals surface area contributed by atoms with Gasteiger partial charge in [0, 0.05) is 24.2 Å². The van der Waals surface area contributed by atoms with Crippen molar-refractivity contribution >= 4 is 21.6 Å². The van der Waals surface area contributed by atoms with Gasteiger partial charge in [0.1, 0.15) is 16.7 Å². The summed E-state index contributed by atoms with van der Waals surface area (Å²) >= 11 is 6.01. The van der Waals surface area contributed by atoms with Crippen LogP contribution in [0, 0.1) is 0 Å². The fraction of sp³-hybridized carbons (Fsp3) is 0.625. The lowest BCUT2D eigenvalue weighted by atomic mass is 10.0. The standard InChI is InChI=1S/C16H25ClN2O4S/c1-11(10-22-3)23-15-7-6-13(17)9-16(15)24(20,21)19-14-5-4-8-18-12(14)2/h6-7,9,11-12,14,18-19H,4-5,8,10H2,1-3H3. The first kappa shape index (κ1) is 19.5. The summed E-state index contributed by atoms with van der Waals surface area (Å²) in [7, 11) is -2.18. The summed E-state index contributed by atoms with van der Waals surface area (Å²) in [5.41, 5.74) is 0. The molecule has 3 atom stereocenters. The minimum Gasteiger partial charge on any atom is -0.487 e. The quantitative estimate of drug-likeness (QED) is 0.762. The molecule has 0 saturated carbocycles. The summed E-state index contributed by atoms with van der Waals surface area (Å²) in [6.07, 6.45) is 1.45.